The van der Waals surface area contributed by atoms with Gasteiger partial charge in [-0.1, -0.05) is 19.4 Å². The Bertz CT molecular complexity index is 107. The van der Waals surface area contributed by atoms with Gasteiger partial charge in [-0.25, -0.2) is 0 Å². The fourth-order valence-corrected chi connectivity index (χ4v) is 1.09. The van der Waals surface area contributed by atoms with Gasteiger partial charge >= 0.3 is 0 Å². The van der Waals surface area contributed by atoms with Gasteiger partial charge < -0.3 is 4.90 Å². The van der Waals surface area contributed by atoms with E-state index in [9.17, 15) is 0 Å². The molecule has 0 aromatic heterocycles. The van der Waals surface area contributed by atoms with E-state index in [1.54, 1.807) is 0 Å². The van der Waals surface area contributed by atoms with Gasteiger partial charge in [0.05, 0.1) is 0 Å². The van der Waals surface area contributed by atoms with E-state index < -0.39 is 0 Å². The zero-order valence-corrected chi connectivity index (χ0v) is 8.19. The van der Waals surface area contributed by atoms with Crippen molar-refractivity contribution in [1.29, 1.82) is 0 Å². The molecule has 0 atom stereocenters. The van der Waals surface area contributed by atoms with Crippen molar-refractivity contribution in [2.24, 2.45) is 0 Å². The summed E-state index contributed by atoms with van der Waals surface area (Å²) in [6.45, 7) is 14.0. The highest BCUT2D eigenvalue weighted by molar-refractivity contribution is 4.88. The van der Waals surface area contributed by atoms with E-state index in [-0.39, 0.29) is 0 Å². The van der Waals surface area contributed by atoms with Crippen LogP contribution in [0.3, 0.4) is 0 Å². The van der Waals surface area contributed by atoms with Crippen LogP contribution in [0.4, 0.5) is 0 Å². The van der Waals surface area contributed by atoms with Crippen molar-refractivity contribution >= 4 is 0 Å². The van der Waals surface area contributed by atoms with Crippen LogP contribution >= 0.6 is 0 Å². The maximum Gasteiger partial charge on any atom is 0.00182 e. The first-order valence-electron chi connectivity index (χ1n) is 4.57. The van der Waals surface area contributed by atoms with Crippen LogP contribution in [0.15, 0.2) is 12.2 Å². The Morgan fingerprint density at radius 2 is 1.91 bits per heavy atom. The normalized spacial score (nSPS) is 10.5. The van der Waals surface area contributed by atoms with Gasteiger partial charge in [0.15, 0.2) is 0 Å². The van der Waals surface area contributed by atoms with Crippen molar-refractivity contribution in [3.8, 4) is 0 Å². The molecule has 0 saturated carbocycles. The van der Waals surface area contributed by atoms with Gasteiger partial charge in [-0.3, -0.25) is 0 Å². The minimum atomic E-state index is 1.15. The first kappa shape index (κ1) is 10.7. The molecule has 0 amide bonds. The molecule has 0 heterocycles. The van der Waals surface area contributed by atoms with Crippen LogP contribution in [-0.4, -0.2) is 24.5 Å². The molecule has 0 aliphatic rings. The average Bonchev–Trinajstić information content (AvgIpc) is 1.97. The fourth-order valence-electron chi connectivity index (χ4n) is 1.09. The van der Waals surface area contributed by atoms with E-state index in [4.69, 9.17) is 0 Å². The van der Waals surface area contributed by atoms with Crippen molar-refractivity contribution in [1.82, 2.24) is 4.90 Å². The summed E-state index contributed by atoms with van der Waals surface area (Å²) in [5, 5.41) is 0. The molecule has 66 valence electrons. The Labute approximate surface area is 71.1 Å². The minimum Gasteiger partial charge on any atom is -0.303 e. The lowest BCUT2D eigenvalue weighted by Gasteiger charge is -2.18. The second kappa shape index (κ2) is 6.41. The molecule has 0 fully saturated rings. The molecule has 0 saturated heterocycles. The van der Waals surface area contributed by atoms with Crippen molar-refractivity contribution in [3.05, 3.63) is 12.2 Å². The maximum absolute atomic E-state index is 3.89. The lowest BCUT2D eigenvalue weighted by atomic mass is 10.2. The van der Waals surface area contributed by atoms with Crippen LogP contribution in [0, 0.1) is 0 Å². The predicted octanol–water partition coefficient (Wildman–Crippen LogP) is 2.68. The summed E-state index contributed by atoms with van der Waals surface area (Å²) in [5.41, 5.74) is 1.29. The highest BCUT2D eigenvalue weighted by Crippen LogP contribution is 1.99. The third-order valence-corrected chi connectivity index (χ3v) is 1.84. The predicted molar refractivity (Wildman–Crippen MR) is 51.8 cm³/mol. The van der Waals surface area contributed by atoms with Crippen LogP contribution < -0.4 is 0 Å². The van der Waals surface area contributed by atoms with Gasteiger partial charge in [0.25, 0.3) is 0 Å². The van der Waals surface area contributed by atoms with Gasteiger partial charge in [-0.15, -0.1) is 6.58 Å². The van der Waals surface area contributed by atoms with E-state index in [0.29, 0.717) is 0 Å². The van der Waals surface area contributed by atoms with Gasteiger partial charge in [0.1, 0.15) is 0 Å². The molecule has 0 aliphatic carbocycles. The Hall–Kier alpha value is -0.300. The molecule has 0 N–H and O–H groups in total. The Kier molecular flexibility index (Phi) is 6.24. The average molecular weight is 155 g/mol. The second-order valence-corrected chi connectivity index (χ2v) is 3.14. The van der Waals surface area contributed by atoms with Gasteiger partial charge in [0.2, 0.25) is 0 Å². The molecule has 0 aromatic carbocycles. The zero-order chi connectivity index (χ0) is 8.69. The summed E-state index contributed by atoms with van der Waals surface area (Å²) in [6.07, 6.45) is 2.40. The summed E-state index contributed by atoms with van der Waals surface area (Å²) >= 11 is 0. The molecule has 0 spiro atoms. The summed E-state index contributed by atoms with van der Waals surface area (Å²) < 4.78 is 0. The summed E-state index contributed by atoms with van der Waals surface area (Å²) in [7, 11) is 0. The molecular formula is C10H21N. The second-order valence-electron chi connectivity index (χ2n) is 3.14. The molecule has 0 aromatic rings. The Balaban J connectivity index is 3.43. The number of hydrogen-bond acceptors (Lipinski definition) is 1. The van der Waals surface area contributed by atoms with E-state index >= 15 is 0 Å². The Morgan fingerprint density at radius 1 is 1.27 bits per heavy atom. The number of nitrogens with zero attached hydrogens (tertiary/aromatic N) is 1. The van der Waals surface area contributed by atoms with Crippen LogP contribution in [0.1, 0.15) is 33.6 Å². The molecule has 0 bridgehead atoms. The standard InChI is InChI=1S/C10H21N/c1-5-8-11(6-2)9-7-10(3)4/h3,5-9H2,1-2,4H3. The minimum absolute atomic E-state index is 1.15. The SMILES string of the molecule is C=C(C)CCN(CC)CCC. The first-order valence-corrected chi connectivity index (χ1v) is 4.57. The third-order valence-electron chi connectivity index (χ3n) is 1.84. The van der Waals surface area contributed by atoms with Crippen molar-refractivity contribution in [2.45, 2.75) is 33.6 Å². The molecule has 0 rings (SSSR count). The molecule has 1 nitrogen and oxygen atoms in total. The van der Waals surface area contributed by atoms with Crippen molar-refractivity contribution in [3.63, 3.8) is 0 Å². The summed E-state index contributed by atoms with van der Waals surface area (Å²) in [4.78, 5) is 2.47. The quantitative estimate of drug-likeness (QED) is 0.533. The van der Waals surface area contributed by atoms with Crippen molar-refractivity contribution < 1.29 is 0 Å². The molecule has 1 heteroatoms. The van der Waals surface area contributed by atoms with Crippen LogP contribution in [0.5, 0.6) is 0 Å². The third kappa shape index (κ3) is 6.11. The lowest BCUT2D eigenvalue weighted by molar-refractivity contribution is 0.292. The molecule has 11 heavy (non-hydrogen) atoms. The number of hydrogen-bond donors (Lipinski definition) is 0. The smallest absolute Gasteiger partial charge is 0.00182 e. The van der Waals surface area contributed by atoms with Gasteiger partial charge in [-0.05, 0) is 32.9 Å². The number of rotatable bonds is 6. The van der Waals surface area contributed by atoms with E-state index in [1.807, 2.05) is 0 Å². The van der Waals surface area contributed by atoms with E-state index in [2.05, 4.69) is 32.3 Å². The van der Waals surface area contributed by atoms with Crippen LogP contribution in [-0.2, 0) is 0 Å². The highest BCUT2D eigenvalue weighted by atomic mass is 15.1. The first-order chi connectivity index (χ1) is 5.20. The lowest BCUT2D eigenvalue weighted by Crippen LogP contribution is -2.25. The van der Waals surface area contributed by atoms with Gasteiger partial charge in [0, 0.05) is 6.54 Å². The molecular weight excluding hydrogens is 134 g/mol. The fraction of sp³-hybridized carbons (Fsp3) is 0.800. The monoisotopic (exact) mass is 155 g/mol. The maximum atomic E-state index is 3.89. The summed E-state index contributed by atoms with van der Waals surface area (Å²) in [5.74, 6) is 0. The highest BCUT2D eigenvalue weighted by Gasteiger charge is 1.98. The summed E-state index contributed by atoms with van der Waals surface area (Å²) in [6, 6.07) is 0. The van der Waals surface area contributed by atoms with Crippen LogP contribution in [0.25, 0.3) is 0 Å². The molecule has 0 aliphatic heterocycles. The largest absolute Gasteiger partial charge is 0.303 e. The zero-order valence-electron chi connectivity index (χ0n) is 8.19. The van der Waals surface area contributed by atoms with Crippen LogP contribution in [0.2, 0.25) is 0 Å². The Morgan fingerprint density at radius 3 is 2.27 bits per heavy atom. The van der Waals surface area contributed by atoms with Crippen molar-refractivity contribution in [2.75, 3.05) is 19.6 Å². The van der Waals surface area contributed by atoms with Gasteiger partial charge in [-0.2, -0.15) is 0 Å². The molecule has 0 radical (unpaired) electrons. The van der Waals surface area contributed by atoms with E-state index in [1.165, 1.54) is 31.6 Å². The molecule has 0 unspecified atom stereocenters. The van der Waals surface area contributed by atoms with E-state index in [0.717, 1.165) is 6.42 Å². The topological polar surface area (TPSA) is 3.24 Å².